The lowest BCUT2D eigenvalue weighted by molar-refractivity contribution is -0.110. The summed E-state index contributed by atoms with van der Waals surface area (Å²) in [5.41, 5.74) is 1.58. The van der Waals surface area contributed by atoms with E-state index in [9.17, 15) is 9.90 Å². The third-order valence-corrected chi connectivity index (χ3v) is 3.45. The molecule has 1 aromatic carbocycles. The van der Waals surface area contributed by atoms with Crippen molar-refractivity contribution in [1.82, 2.24) is 0 Å². The predicted octanol–water partition coefficient (Wildman–Crippen LogP) is 5.21. The second-order valence-corrected chi connectivity index (χ2v) is 5.67. The van der Waals surface area contributed by atoms with E-state index in [0.29, 0.717) is 12.4 Å². The number of ketones is 1. The van der Waals surface area contributed by atoms with Gasteiger partial charge < -0.3 is 9.84 Å². The molecule has 0 saturated carbocycles. The number of hydrogen-bond acceptors (Lipinski definition) is 3. The third kappa shape index (κ3) is 7.18. The van der Waals surface area contributed by atoms with Gasteiger partial charge in [0.2, 0.25) is 0 Å². The highest BCUT2D eigenvalue weighted by molar-refractivity contribution is 6.02. The molecule has 0 amide bonds. The van der Waals surface area contributed by atoms with Gasteiger partial charge in [-0.2, -0.15) is 0 Å². The largest absolute Gasteiger partial charge is 0.504 e. The first-order chi connectivity index (χ1) is 11.1. The van der Waals surface area contributed by atoms with Crippen LogP contribution in [0.2, 0.25) is 0 Å². The number of phenolic OH excluding ortho intramolecular Hbond substituents is 1. The number of carbonyl (C=O) groups excluding carboxylic acids is 1. The lowest BCUT2D eigenvalue weighted by atomic mass is 10.1. The normalized spacial score (nSPS) is 11.4. The Balaban J connectivity index is 2.68. The van der Waals surface area contributed by atoms with Gasteiger partial charge in [-0.05, 0) is 61.6 Å². The summed E-state index contributed by atoms with van der Waals surface area (Å²) in [5.74, 6) is 0.607. The van der Waals surface area contributed by atoms with Crippen LogP contribution in [0.25, 0.3) is 6.08 Å². The molecule has 0 aromatic heterocycles. The Labute approximate surface area is 139 Å². The zero-order valence-corrected chi connectivity index (χ0v) is 14.5. The Morgan fingerprint density at radius 1 is 1.17 bits per heavy atom. The van der Waals surface area contributed by atoms with Crippen LogP contribution >= 0.6 is 0 Å². The average Bonchev–Trinajstić information content (AvgIpc) is 2.54. The Bertz CT molecular complexity index is 556. The number of carbonyl (C=O) groups is 1. The zero-order valence-electron chi connectivity index (χ0n) is 14.5. The third-order valence-electron chi connectivity index (χ3n) is 3.45. The Hall–Kier alpha value is -2.03. The van der Waals surface area contributed by atoms with Crippen LogP contribution in [0.3, 0.4) is 0 Å². The maximum atomic E-state index is 11.8. The summed E-state index contributed by atoms with van der Waals surface area (Å²) in [6.45, 7) is 6.55. The van der Waals surface area contributed by atoms with Gasteiger partial charge in [-0.15, -0.1) is 0 Å². The van der Waals surface area contributed by atoms with Crippen molar-refractivity contribution >= 4 is 11.9 Å². The first-order valence-electron chi connectivity index (χ1n) is 8.43. The highest BCUT2D eigenvalue weighted by atomic mass is 16.5. The Kier molecular flexibility index (Phi) is 8.81. The second-order valence-electron chi connectivity index (χ2n) is 5.67. The summed E-state index contributed by atoms with van der Waals surface area (Å²) >= 11 is 0. The van der Waals surface area contributed by atoms with Gasteiger partial charge in [0.15, 0.2) is 17.3 Å². The van der Waals surface area contributed by atoms with Crippen LogP contribution in [0.15, 0.2) is 30.4 Å². The molecule has 0 fully saturated rings. The Morgan fingerprint density at radius 3 is 2.65 bits per heavy atom. The van der Waals surface area contributed by atoms with Crippen molar-refractivity contribution in [3.05, 3.63) is 41.5 Å². The second kappa shape index (κ2) is 10.7. The van der Waals surface area contributed by atoms with Crippen LogP contribution in [-0.4, -0.2) is 17.5 Å². The number of aromatic hydroxyl groups is 1. The molecular formula is C20H28O3. The minimum atomic E-state index is -0.0248. The average molecular weight is 316 g/mol. The van der Waals surface area contributed by atoms with Crippen LogP contribution in [0.4, 0.5) is 0 Å². The van der Waals surface area contributed by atoms with Gasteiger partial charge in [0.25, 0.3) is 0 Å². The first-order valence-corrected chi connectivity index (χ1v) is 8.43. The predicted molar refractivity (Wildman–Crippen MR) is 96.0 cm³/mol. The van der Waals surface area contributed by atoms with E-state index in [2.05, 4.69) is 6.92 Å². The SMILES string of the molecule is CCCCC/C=C\C(=O)/C=C/c1cc(C)c(O)c(OCCC)c1. The van der Waals surface area contributed by atoms with Gasteiger partial charge in [-0.3, -0.25) is 4.79 Å². The molecule has 0 heterocycles. The van der Waals surface area contributed by atoms with Gasteiger partial charge in [-0.25, -0.2) is 0 Å². The fourth-order valence-corrected chi connectivity index (χ4v) is 2.14. The molecule has 1 N–H and O–H groups in total. The van der Waals surface area contributed by atoms with Crippen LogP contribution in [0.5, 0.6) is 11.5 Å². The number of phenols is 1. The molecule has 0 aliphatic carbocycles. The molecule has 0 atom stereocenters. The summed E-state index contributed by atoms with van der Waals surface area (Å²) in [7, 11) is 0. The fraction of sp³-hybridized carbons (Fsp3) is 0.450. The van der Waals surface area contributed by atoms with E-state index < -0.39 is 0 Å². The van der Waals surface area contributed by atoms with Crippen molar-refractivity contribution in [2.45, 2.75) is 52.9 Å². The summed E-state index contributed by atoms with van der Waals surface area (Å²) in [5, 5.41) is 9.99. The topological polar surface area (TPSA) is 46.5 Å². The number of hydrogen-bond donors (Lipinski definition) is 1. The number of ether oxygens (including phenoxy) is 1. The molecule has 0 saturated heterocycles. The van der Waals surface area contributed by atoms with Gasteiger partial charge in [-0.1, -0.05) is 38.8 Å². The molecule has 3 nitrogen and oxygen atoms in total. The molecule has 23 heavy (non-hydrogen) atoms. The van der Waals surface area contributed by atoms with Crippen molar-refractivity contribution in [3.8, 4) is 11.5 Å². The van der Waals surface area contributed by atoms with Crippen LogP contribution in [0.1, 0.15) is 57.1 Å². The van der Waals surface area contributed by atoms with E-state index in [4.69, 9.17) is 4.74 Å². The highest BCUT2D eigenvalue weighted by Crippen LogP contribution is 2.31. The van der Waals surface area contributed by atoms with Crippen molar-refractivity contribution in [3.63, 3.8) is 0 Å². The molecule has 0 radical (unpaired) electrons. The minimum absolute atomic E-state index is 0.0248. The Morgan fingerprint density at radius 2 is 1.96 bits per heavy atom. The van der Waals surface area contributed by atoms with E-state index in [1.54, 1.807) is 24.3 Å². The lowest BCUT2D eigenvalue weighted by Gasteiger charge is -2.10. The molecule has 0 spiro atoms. The molecule has 0 aliphatic rings. The molecule has 3 heteroatoms. The van der Waals surface area contributed by atoms with E-state index in [-0.39, 0.29) is 11.5 Å². The number of allylic oxidation sites excluding steroid dienone is 3. The standard InChI is InChI=1S/C20H28O3/c1-4-6-7-8-9-10-18(21)12-11-17-14-16(3)20(22)19(15-17)23-13-5-2/h9-12,14-15,22H,4-8,13H2,1-3H3/b10-9-,12-11+. The van der Waals surface area contributed by atoms with Crippen molar-refractivity contribution in [2.75, 3.05) is 6.61 Å². The monoisotopic (exact) mass is 316 g/mol. The van der Waals surface area contributed by atoms with Gasteiger partial charge in [0.1, 0.15) is 0 Å². The number of rotatable bonds is 10. The quantitative estimate of drug-likeness (QED) is 0.476. The van der Waals surface area contributed by atoms with Crippen LogP contribution < -0.4 is 4.74 Å². The molecule has 1 rings (SSSR count). The minimum Gasteiger partial charge on any atom is -0.504 e. The summed E-state index contributed by atoms with van der Waals surface area (Å²) in [6, 6.07) is 3.59. The maximum Gasteiger partial charge on any atom is 0.178 e. The molecule has 0 unspecified atom stereocenters. The number of unbranched alkanes of at least 4 members (excludes halogenated alkanes) is 3. The smallest absolute Gasteiger partial charge is 0.178 e. The van der Waals surface area contributed by atoms with Gasteiger partial charge >= 0.3 is 0 Å². The summed E-state index contributed by atoms with van der Waals surface area (Å²) < 4.78 is 5.53. The van der Waals surface area contributed by atoms with Crippen molar-refractivity contribution in [1.29, 1.82) is 0 Å². The summed E-state index contributed by atoms with van der Waals surface area (Å²) in [4.78, 5) is 11.8. The molecule has 0 aliphatic heterocycles. The van der Waals surface area contributed by atoms with Crippen LogP contribution in [-0.2, 0) is 4.79 Å². The van der Waals surface area contributed by atoms with Crippen LogP contribution in [0, 0.1) is 6.92 Å². The fourth-order valence-electron chi connectivity index (χ4n) is 2.14. The van der Waals surface area contributed by atoms with E-state index in [0.717, 1.165) is 30.4 Å². The molecule has 1 aromatic rings. The number of benzene rings is 1. The summed E-state index contributed by atoms with van der Waals surface area (Å²) in [6.07, 6.45) is 12.2. The lowest BCUT2D eigenvalue weighted by Crippen LogP contribution is -1.96. The van der Waals surface area contributed by atoms with Gasteiger partial charge in [0.05, 0.1) is 6.61 Å². The van der Waals surface area contributed by atoms with E-state index >= 15 is 0 Å². The maximum absolute atomic E-state index is 11.8. The van der Waals surface area contributed by atoms with Crippen molar-refractivity contribution in [2.24, 2.45) is 0 Å². The highest BCUT2D eigenvalue weighted by Gasteiger charge is 2.07. The zero-order chi connectivity index (χ0) is 17.1. The van der Waals surface area contributed by atoms with E-state index in [1.165, 1.54) is 12.8 Å². The molecule has 126 valence electrons. The number of aryl methyl sites for hydroxylation is 1. The molecule has 0 bridgehead atoms. The first kappa shape index (κ1) is 19.0. The molecular weight excluding hydrogens is 288 g/mol. The van der Waals surface area contributed by atoms with Crippen molar-refractivity contribution < 1.29 is 14.6 Å². The van der Waals surface area contributed by atoms with Gasteiger partial charge in [0, 0.05) is 0 Å². The van der Waals surface area contributed by atoms with E-state index in [1.807, 2.05) is 26.0 Å².